The van der Waals surface area contributed by atoms with Gasteiger partial charge in [-0.15, -0.1) is 5.10 Å². The highest BCUT2D eigenvalue weighted by Gasteiger charge is 2.75. The van der Waals surface area contributed by atoms with Crippen LogP contribution in [-0.2, 0) is 31.1 Å². The molecule has 4 amide bonds. The van der Waals surface area contributed by atoms with Gasteiger partial charge in [-0.2, -0.15) is 0 Å². The number of aliphatic hydroxyl groups excluding tert-OH is 2. The Kier molecular flexibility index (Phi) is 13.7. The summed E-state index contributed by atoms with van der Waals surface area (Å²) >= 11 is 0. The number of morpholine rings is 1. The summed E-state index contributed by atoms with van der Waals surface area (Å²) in [5.74, 6) is 2.93. The van der Waals surface area contributed by atoms with Crippen molar-refractivity contribution in [3.05, 3.63) is 227 Å². The zero-order valence-corrected chi connectivity index (χ0v) is 41.3. The maximum Gasteiger partial charge on any atom is 0.329 e. The molecule has 3 aliphatic rings. The van der Waals surface area contributed by atoms with Crippen molar-refractivity contribution >= 4 is 40.5 Å². The third-order valence-electron chi connectivity index (χ3n) is 14.7. The normalized spacial score (nSPS) is 21.5. The van der Waals surface area contributed by atoms with Crippen molar-refractivity contribution in [2.45, 2.75) is 55.3 Å². The topological polar surface area (TPSA) is 188 Å². The lowest BCUT2D eigenvalue weighted by atomic mass is 9.65. The first-order valence-corrected chi connectivity index (χ1v) is 25.2. The van der Waals surface area contributed by atoms with Crippen molar-refractivity contribution < 1.29 is 38.9 Å². The standard InChI is InChI=1S/C61H53N7O8/c1-39(41-19-6-2-7-20-41)63-60(74)67-49-32-31-40(18-17-33-66-50-30-15-14-29-48(50)64-65-66)36-47(49)61(59(67)73)52(57(71)62-38-51(70)42-21-8-3-9-22-42)54-58(72)76-55(44-25-12-5-13-26-44)53(43-23-10-4-11-24-43)68(54)56(61)45-27-16-28-46(37-45)75-35-34-69/h2-16,19-32,36-37,39,51-56,69-70H,33-35,38H2,1H3,(H,62,71)(H,63,74). The molecule has 0 radical (unpaired) electrons. The van der Waals surface area contributed by atoms with Gasteiger partial charge in [0.1, 0.15) is 42.0 Å². The molecule has 0 bridgehead atoms. The number of esters is 1. The van der Waals surface area contributed by atoms with Gasteiger partial charge in [-0.1, -0.05) is 163 Å². The Morgan fingerprint density at radius 1 is 0.763 bits per heavy atom. The van der Waals surface area contributed by atoms with Crippen molar-refractivity contribution in [1.29, 1.82) is 0 Å². The second kappa shape index (κ2) is 21.1. The van der Waals surface area contributed by atoms with Crippen LogP contribution in [0.2, 0.25) is 0 Å². The molecule has 8 unspecified atom stereocenters. The summed E-state index contributed by atoms with van der Waals surface area (Å²) in [7, 11) is 0. The zero-order valence-electron chi connectivity index (χ0n) is 41.3. The van der Waals surface area contributed by atoms with Crippen LogP contribution in [0.25, 0.3) is 11.0 Å². The minimum atomic E-state index is -2.12. The molecule has 7 aromatic carbocycles. The van der Waals surface area contributed by atoms with E-state index in [1.54, 1.807) is 65.3 Å². The number of urea groups is 1. The van der Waals surface area contributed by atoms with E-state index in [2.05, 4.69) is 32.8 Å². The van der Waals surface area contributed by atoms with Crippen molar-refractivity contribution in [3.63, 3.8) is 0 Å². The second-order valence-corrected chi connectivity index (χ2v) is 19.1. The predicted octanol–water partition coefficient (Wildman–Crippen LogP) is 7.84. The molecule has 2 fully saturated rings. The number of anilines is 1. The molecule has 8 aromatic rings. The van der Waals surface area contributed by atoms with Crippen molar-refractivity contribution in [1.82, 2.24) is 30.5 Å². The van der Waals surface area contributed by atoms with Crippen LogP contribution in [0.15, 0.2) is 188 Å². The Bertz CT molecular complexity index is 3500. The van der Waals surface area contributed by atoms with Crippen molar-refractivity contribution in [2.75, 3.05) is 24.7 Å². The second-order valence-electron chi connectivity index (χ2n) is 19.1. The largest absolute Gasteiger partial charge is 0.491 e. The number of para-hydroxylation sites is 1. The lowest BCUT2D eigenvalue weighted by Gasteiger charge is -2.46. The molecular weight excluding hydrogens is 959 g/mol. The number of hydrogen-bond donors (Lipinski definition) is 4. The summed E-state index contributed by atoms with van der Waals surface area (Å²) in [4.78, 5) is 66.7. The van der Waals surface area contributed by atoms with Crippen LogP contribution in [0, 0.1) is 17.8 Å². The Morgan fingerprint density at radius 2 is 1.42 bits per heavy atom. The van der Waals surface area contributed by atoms with Crippen LogP contribution in [0.4, 0.5) is 10.5 Å². The molecule has 4 N–H and O–H groups in total. The fourth-order valence-electron chi connectivity index (χ4n) is 11.3. The summed E-state index contributed by atoms with van der Waals surface area (Å²) in [6, 6.07) is 51.8. The highest BCUT2D eigenvalue weighted by molar-refractivity contribution is 6.24. The minimum absolute atomic E-state index is 0.0445. The first-order chi connectivity index (χ1) is 37.2. The Hall–Kier alpha value is -8.94. The van der Waals surface area contributed by atoms with Gasteiger partial charge in [0.15, 0.2) is 0 Å². The van der Waals surface area contributed by atoms with E-state index in [1.807, 2.05) is 139 Å². The fourth-order valence-corrected chi connectivity index (χ4v) is 11.3. The van der Waals surface area contributed by atoms with E-state index in [9.17, 15) is 10.2 Å². The number of imide groups is 1. The van der Waals surface area contributed by atoms with E-state index in [4.69, 9.17) is 9.47 Å². The lowest BCUT2D eigenvalue weighted by molar-refractivity contribution is -0.178. The number of benzene rings is 7. The van der Waals surface area contributed by atoms with E-state index in [-0.39, 0.29) is 37.6 Å². The zero-order chi connectivity index (χ0) is 52.3. The molecule has 4 heterocycles. The number of nitrogens with one attached hydrogen (secondary N) is 2. The van der Waals surface area contributed by atoms with Gasteiger partial charge in [-0.25, -0.2) is 14.4 Å². The molecule has 11 rings (SSSR count). The number of cyclic esters (lactones) is 1. The molecule has 380 valence electrons. The molecule has 15 heteroatoms. The first-order valence-electron chi connectivity index (χ1n) is 25.2. The number of fused-ring (bicyclic) bond motifs is 4. The number of hydrogen-bond acceptors (Lipinski definition) is 11. The lowest BCUT2D eigenvalue weighted by Crippen LogP contribution is -2.56. The van der Waals surface area contributed by atoms with Crippen LogP contribution in [0.1, 0.15) is 76.2 Å². The number of nitrogens with zero attached hydrogens (tertiary/aromatic N) is 5. The average Bonchev–Trinajstić information content (AvgIpc) is 3.46. The molecule has 1 spiro atoms. The number of amides is 4. The van der Waals surface area contributed by atoms with Crippen molar-refractivity contribution in [3.8, 4) is 17.6 Å². The summed E-state index contributed by atoms with van der Waals surface area (Å²) in [5.41, 5.74) is 3.44. The first kappa shape index (κ1) is 49.3. The third kappa shape index (κ3) is 8.91. The number of aliphatic hydroxyl groups is 2. The summed E-state index contributed by atoms with van der Waals surface area (Å²) in [5, 5.41) is 36.1. The Balaban J connectivity index is 1.16. The molecule has 1 aromatic heterocycles. The molecule has 76 heavy (non-hydrogen) atoms. The number of carbonyl (C=O) groups is 4. The molecule has 3 aliphatic heterocycles. The van der Waals surface area contributed by atoms with Gasteiger partial charge < -0.3 is 30.3 Å². The van der Waals surface area contributed by atoms with Crippen LogP contribution in [0.5, 0.6) is 5.75 Å². The van der Waals surface area contributed by atoms with Crippen LogP contribution >= 0.6 is 0 Å². The van der Waals surface area contributed by atoms with E-state index >= 15 is 19.2 Å². The summed E-state index contributed by atoms with van der Waals surface area (Å²) < 4.78 is 14.4. The molecule has 15 nitrogen and oxygen atoms in total. The number of aromatic nitrogens is 3. The number of ether oxygens (including phenoxy) is 2. The Morgan fingerprint density at radius 3 is 2.14 bits per heavy atom. The van der Waals surface area contributed by atoms with Crippen LogP contribution in [-0.4, -0.2) is 79.7 Å². The minimum Gasteiger partial charge on any atom is -0.491 e. The summed E-state index contributed by atoms with van der Waals surface area (Å²) in [6.07, 6.45) is -2.14. The number of carbonyl (C=O) groups excluding carboxylic acids is 4. The molecular formula is C61H53N7O8. The van der Waals surface area contributed by atoms with Gasteiger partial charge in [0, 0.05) is 12.1 Å². The van der Waals surface area contributed by atoms with E-state index in [0.717, 1.165) is 21.5 Å². The van der Waals surface area contributed by atoms with Gasteiger partial charge in [-0.05, 0) is 82.8 Å². The van der Waals surface area contributed by atoms with Gasteiger partial charge in [0.05, 0.1) is 48.0 Å². The van der Waals surface area contributed by atoms with Gasteiger partial charge in [0.2, 0.25) is 11.8 Å². The Labute approximate surface area is 438 Å². The molecule has 2 saturated heterocycles. The van der Waals surface area contributed by atoms with Gasteiger partial charge in [0.25, 0.3) is 0 Å². The highest BCUT2D eigenvalue weighted by atomic mass is 16.6. The molecule has 8 atom stereocenters. The SMILES string of the molecule is CC(NC(=O)N1C(=O)C2(c3cc(C#CCn4nnc5ccccc54)ccc31)C(C(=O)NCC(O)c1ccccc1)C1C(=O)OC(c3ccccc3)C(c3ccccc3)N1C2c1cccc(OCCO)c1)c1ccccc1. The maximum atomic E-state index is 16.8. The molecule has 0 aliphatic carbocycles. The summed E-state index contributed by atoms with van der Waals surface area (Å²) in [6.45, 7) is 1.36. The quantitative estimate of drug-likeness (QED) is 0.0651. The maximum absolute atomic E-state index is 16.8. The third-order valence-corrected chi connectivity index (χ3v) is 14.7. The van der Waals surface area contributed by atoms with E-state index < -0.39 is 71.5 Å². The highest BCUT2D eigenvalue weighted by Crippen LogP contribution is 2.66. The van der Waals surface area contributed by atoms with Crippen molar-refractivity contribution in [2.24, 2.45) is 5.92 Å². The van der Waals surface area contributed by atoms with E-state index in [0.29, 0.717) is 33.5 Å². The number of rotatable bonds is 13. The van der Waals surface area contributed by atoms with Gasteiger partial charge >= 0.3 is 12.0 Å². The fraction of sp³-hybridized carbons (Fsp3) is 0.213. The smallest absolute Gasteiger partial charge is 0.329 e. The molecule has 0 saturated carbocycles. The monoisotopic (exact) mass is 1010 g/mol. The van der Waals surface area contributed by atoms with Crippen LogP contribution < -0.4 is 20.3 Å². The van der Waals surface area contributed by atoms with Gasteiger partial charge in [-0.3, -0.25) is 19.3 Å². The predicted molar refractivity (Wildman–Crippen MR) is 283 cm³/mol. The van der Waals surface area contributed by atoms with E-state index in [1.165, 1.54) is 0 Å². The van der Waals surface area contributed by atoms with Crippen LogP contribution in [0.3, 0.4) is 0 Å². The average molecular weight is 1010 g/mol.